The second-order valence-corrected chi connectivity index (χ2v) is 3.05. The molecule has 13 heavy (non-hydrogen) atoms. The predicted molar refractivity (Wildman–Crippen MR) is 50.7 cm³/mol. The summed E-state index contributed by atoms with van der Waals surface area (Å²) < 4.78 is 5.38. The topological polar surface area (TPSA) is 38.2 Å². The van der Waals surface area contributed by atoms with Crippen molar-refractivity contribution >= 4 is 0 Å². The van der Waals surface area contributed by atoms with E-state index in [-0.39, 0.29) is 0 Å². The molecule has 72 valence electrons. The average molecular weight is 181 g/mol. The molecule has 0 saturated carbocycles. The lowest BCUT2D eigenvalue weighted by molar-refractivity contribution is 0.273. The molecule has 0 atom stereocenters. The van der Waals surface area contributed by atoms with Gasteiger partial charge in [0.15, 0.2) is 0 Å². The zero-order valence-electron chi connectivity index (χ0n) is 8.10. The molecular formula is C9H15N3O. The Morgan fingerprint density at radius 1 is 1.46 bits per heavy atom. The Hall–Kier alpha value is -1.16. The molecule has 4 heteroatoms. The third kappa shape index (κ3) is 4.42. The maximum atomic E-state index is 5.38. The summed E-state index contributed by atoms with van der Waals surface area (Å²) in [6.07, 6.45) is 4.17. The van der Waals surface area contributed by atoms with Gasteiger partial charge in [0.05, 0.1) is 6.61 Å². The lowest BCUT2D eigenvalue weighted by Gasteiger charge is -2.09. The molecule has 1 aromatic heterocycles. The average Bonchev–Trinajstić information content (AvgIpc) is 2.14. The molecule has 1 heterocycles. The van der Waals surface area contributed by atoms with Gasteiger partial charge in [-0.25, -0.2) is 9.97 Å². The number of rotatable bonds is 5. The summed E-state index contributed by atoms with van der Waals surface area (Å²) in [6, 6.07) is 1.76. The first kappa shape index (κ1) is 9.92. The lowest BCUT2D eigenvalue weighted by Crippen LogP contribution is -2.15. The molecular weight excluding hydrogens is 166 g/mol. The van der Waals surface area contributed by atoms with E-state index in [9.17, 15) is 0 Å². The highest BCUT2D eigenvalue weighted by molar-refractivity contribution is 5.03. The second-order valence-electron chi connectivity index (χ2n) is 3.05. The second kappa shape index (κ2) is 5.48. The van der Waals surface area contributed by atoms with Crippen LogP contribution in [-0.4, -0.2) is 42.1 Å². The molecule has 0 fully saturated rings. The van der Waals surface area contributed by atoms with E-state index < -0.39 is 0 Å². The zero-order valence-corrected chi connectivity index (χ0v) is 8.10. The van der Waals surface area contributed by atoms with Crippen molar-refractivity contribution < 1.29 is 4.74 Å². The van der Waals surface area contributed by atoms with Crippen LogP contribution in [0.25, 0.3) is 0 Å². The van der Waals surface area contributed by atoms with Gasteiger partial charge in [-0.1, -0.05) is 0 Å². The molecule has 0 N–H and O–H groups in total. The number of hydrogen-bond acceptors (Lipinski definition) is 4. The van der Waals surface area contributed by atoms with Crippen molar-refractivity contribution in [1.82, 2.24) is 14.9 Å². The Balaban J connectivity index is 2.13. The van der Waals surface area contributed by atoms with E-state index in [0.29, 0.717) is 12.5 Å². The smallest absolute Gasteiger partial charge is 0.216 e. The summed E-state index contributed by atoms with van der Waals surface area (Å²) in [5, 5.41) is 0. The first-order valence-electron chi connectivity index (χ1n) is 4.32. The highest BCUT2D eigenvalue weighted by atomic mass is 16.5. The first-order valence-corrected chi connectivity index (χ1v) is 4.32. The van der Waals surface area contributed by atoms with Gasteiger partial charge in [0, 0.05) is 18.8 Å². The van der Waals surface area contributed by atoms with E-state index in [1.165, 1.54) is 6.33 Å². The van der Waals surface area contributed by atoms with Gasteiger partial charge < -0.3 is 9.64 Å². The lowest BCUT2D eigenvalue weighted by atomic mass is 10.4. The third-order valence-corrected chi connectivity index (χ3v) is 1.55. The van der Waals surface area contributed by atoms with Crippen LogP contribution in [-0.2, 0) is 0 Å². The predicted octanol–water partition coefficient (Wildman–Crippen LogP) is 0.807. The van der Waals surface area contributed by atoms with Crippen LogP contribution in [0.2, 0.25) is 0 Å². The number of hydrogen-bond donors (Lipinski definition) is 0. The quantitative estimate of drug-likeness (QED) is 0.630. The normalized spacial score (nSPS) is 10.4. The van der Waals surface area contributed by atoms with E-state index in [1.807, 2.05) is 14.1 Å². The summed E-state index contributed by atoms with van der Waals surface area (Å²) in [7, 11) is 4.09. The Morgan fingerprint density at radius 2 is 2.31 bits per heavy atom. The van der Waals surface area contributed by atoms with Gasteiger partial charge in [-0.2, -0.15) is 0 Å². The highest BCUT2D eigenvalue weighted by Crippen LogP contribution is 2.01. The van der Waals surface area contributed by atoms with Crippen LogP contribution in [0.15, 0.2) is 18.6 Å². The molecule has 0 aliphatic heterocycles. The fourth-order valence-electron chi connectivity index (χ4n) is 0.921. The summed E-state index contributed by atoms with van der Waals surface area (Å²) >= 11 is 0. The van der Waals surface area contributed by atoms with E-state index >= 15 is 0 Å². The number of ether oxygens (including phenoxy) is 1. The Kier molecular flexibility index (Phi) is 4.18. The van der Waals surface area contributed by atoms with Gasteiger partial charge in [0.25, 0.3) is 0 Å². The maximum Gasteiger partial charge on any atom is 0.216 e. The molecule has 0 amide bonds. The molecule has 1 rings (SSSR count). The van der Waals surface area contributed by atoms with E-state index in [2.05, 4.69) is 14.9 Å². The molecule has 0 bridgehead atoms. The van der Waals surface area contributed by atoms with Crippen molar-refractivity contribution in [3.8, 4) is 5.88 Å². The molecule has 0 spiro atoms. The van der Waals surface area contributed by atoms with Crippen LogP contribution in [0.4, 0.5) is 0 Å². The molecule has 0 saturated heterocycles. The Labute approximate surface area is 78.6 Å². The minimum atomic E-state index is 0.647. The van der Waals surface area contributed by atoms with Gasteiger partial charge in [-0.3, -0.25) is 0 Å². The van der Waals surface area contributed by atoms with Gasteiger partial charge in [-0.05, 0) is 20.5 Å². The van der Waals surface area contributed by atoms with Crippen LogP contribution in [0.1, 0.15) is 6.42 Å². The molecule has 0 aliphatic carbocycles. The SMILES string of the molecule is CN(C)CCCOc1ccncn1. The van der Waals surface area contributed by atoms with Gasteiger partial charge >= 0.3 is 0 Å². The van der Waals surface area contributed by atoms with Gasteiger partial charge in [0.1, 0.15) is 6.33 Å². The van der Waals surface area contributed by atoms with Crippen molar-refractivity contribution in [3.05, 3.63) is 18.6 Å². The maximum absolute atomic E-state index is 5.38. The molecule has 1 aromatic rings. The van der Waals surface area contributed by atoms with Crippen LogP contribution >= 0.6 is 0 Å². The van der Waals surface area contributed by atoms with Crippen molar-refractivity contribution in [2.24, 2.45) is 0 Å². The monoisotopic (exact) mass is 181 g/mol. The van der Waals surface area contributed by atoms with Crippen LogP contribution in [0.3, 0.4) is 0 Å². The standard InChI is InChI=1S/C9H15N3O/c1-12(2)6-3-7-13-9-4-5-10-8-11-9/h4-5,8H,3,6-7H2,1-2H3. The van der Waals surface area contributed by atoms with Gasteiger partial charge in [-0.15, -0.1) is 0 Å². The highest BCUT2D eigenvalue weighted by Gasteiger charge is 1.94. The van der Waals surface area contributed by atoms with Gasteiger partial charge in [0.2, 0.25) is 5.88 Å². The minimum Gasteiger partial charge on any atom is -0.478 e. The molecule has 0 unspecified atom stereocenters. The summed E-state index contributed by atoms with van der Waals surface area (Å²) in [5.41, 5.74) is 0. The fraction of sp³-hybridized carbons (Fsp3) is 0.556. The first-order chi connectivity index (χ1) is 6.29. The van der Waals surface area contributed by atoms with E-state index in [4.69, 9.17) is 4.74 Å². The van der Waals surface area contributed by atoms with E-state index in [0.717, 1.165) is 13.0 Å². The zero-order chi connectivity index (χ0) is 9.52. The summed E-state index contributed by atoms with van der Waals surface area (Å²) in [4.78, 5) is 9.88. The van der Waals surface area contributed by atoms with Crippen molar-refractivity contribution in [3.63, 3.8) is 0 Å². The Bertz CT molecular complexity index is 226. The van der Waals surface area contributed by atoms with Crippen molar-refractivity contribution in [2.45, 2.75) is 6.42 Å². The third-order valence-electron chi connectivity index (χ3n) is 1.55. The molecule has 0 aliphatic rings. The Morgan fingerprint density at radius 3 is 2.92 bits per heavy atom. The van der Waals surface area contributed by atoms with E-state index in [1.54, 1.807) is 12.3 Å². The largest absolute Gasteiger partial charge is 0.478 e. The minimum absolute atomic E-state index is 0.647. The molecule has 0 radical (unpaired) electrons. The fourth-order valence-corrected chi connectivity index (χ4v) is 0.921. The molecule has 4 nitrogen and oxygen atoms in total. The summed E-state index contributed by atoms with van der Waals surface area (Å²) in [5.74, 6) is 0.647. The van der Waals surface area contributed by atoms with Crippen LogP contribution in [0.5, 0.6) is 5.88 Å². The van der Waals surface area contributed by atoms with Crippen molar-refractivity contribution in [1.29, 1.82) is 0 Å². The number of nitrogens with zero attached hydrogens (tertiary/aromatic N) is 3. The van der Waals surface area contributed by atoms with Crippen LogP contribution in [0, 0.1) is 0 Å². The van der Waals surface area contributed by atoms with Crippen molar-refractivity contribution in [2.75, 3.05) is 27.2 Å². The molecule has 0 aromatic carbocycles. The summed E-state index contributed by atoms with van der Waals surface area (Å²) in [6.45, 7) is 1.74. The number of aromatic nitrogens is 2. The van der Waals surface area contributed by atoms with Crippen LogP contribution < -0.4 is 4.74 Å².